The summed E-state index contributed by atoms with van der Waals surface area (Å²) in [6.07, 6.45) is 1.09. The Morgan fingerprint density at radius 1 is 1.39 bits per heavy atom. The van der Waals surface area contributed by atoms with Crippen molar-refractivity contribution in [3.8, 4) is 0 Å². The van der Waals surface area contributed by atoms with Gasteiger partial charge in [0.15, 0.2) is 5.79 Å². The molecule has 0 spiro atoms. The molecule has 6 atom stereocenters. The first-order valence-corrected chi connectivity index (χ1v) is 9.70. The van der Waals surface area contributed by atoms with Crippen molar-refractivity contribution >= 4 is 11.9 Å². The van der Waals surface area contributed by atoms with Crippen molar-refractivity contribution in [1.82, 2.24) is 0 Å². The van der Waals surface area contributed by atoms with Gasteiger partial charge < -0.3 is 24.1 Å². The van der Waals surface area contributed by atoms with Crippen LogP contribution in [0.2, 0.25) is 0 Å². The molecule has 0 aliphatic carbocycles. The summed E-state index contributed by atoms with van der Waals surface area (Å²) in [6.45, 7) is 11.2. The lowest BCUT2D eigenvalue weighted by Crippen LogP contribution is -2.48. The SMILES string of the molecule is C=C1COC(=O)[C@@H]2/C=C(/C)[C@@]3(O)C[C@@H](OC)[C@@](C)(C[C@@H](OC(=O)C(C)C)[C@@H]12)O3. The van der Waals surface area contributed by atoms with Crippen LogP contribution < -0.4 is 0 Å². The van der Waals surface area contributed by atoms with Crippen molar-refractivity contribution in [3.63, 3.8) is 0 Å². The van der Waals surface area contributed by atoms with Gasteiger partial charge in [0.05, 0.1) is 23.5 Å². The van der Waals surface area contributed by atoms with Crippen LogP contribution in [0.25, 0.3) is 0 Å². The highest BCUT2D eigenvalue weighted by molar-refractivity contribution is 5.77. The average Bonchev–Trinajstić information content (AvgIpc) is 2.89. The van der Waals surface area contributed by atoms with Gasteiger partial charge in [-0.15, -0.1) is 0 Å². The van der Waals surface area contributed by atoms with Gasteiger partial charge >= 0.3 is 11.9 Å². The molecular formula is C21H30O7. The van der Waals surface area contributed by atoms with Crippen molar-refractivity contribution < 1.29 is 33.6 Å². The fraction of sp³-hybridized carbons (Fsp3) is 0.714. The van der Waals surface area contributed by atoms with Gasteiger partial charge in [0.2, 0.25) is 0 Å². The summed E-state index contributed by atoms with van der Waals surface area (Å²) < 4.78 is 22.8. The number of fused-ring (bicyclic) bond motifs is 3. The predicted molar refractivity (Wildman–Crippen MR) is 100 cm³/mol. The van der Waals surface area contributed by atoms with E-state index in [1.165, 1.54) is 0 Å². The summed E-state index contributed by atoms with van der Waals surface area (Å²) in [5, 5.41) is 11.1. The van der Waals surface area contributed by atoms with E-state index in [-0.39, 0.29) is 31.3 Å². The van der Waals surface area contributed by atoms with Gasteiger partial charge in [0, 0.05) is 25.9 Å². The van der Waals surface area contributed by atoms with E-state index in [1.54, 1.807) is 34.0 Å². The van der Waals surface area contributed by atoms with Gasteiger partial charge in [-0.1, -0.05) is 26.5 Å². The van der Waals surface area contributed by atoms with Crippen molar-refractivity contribution in [2.45, 2.75) is 64.1 Å². The highest BCUT2D eigenvalue weighted by Gasteiger charge is 2.58. The summed E-state index contributed by atoms with van der Waals surface area (Å²) in [6, 6.07) is 0. The van der Waals surface area contributed by atoms with E-state index >= 15 is 0 Å². The number of carbonyl (C=O) groups is 2. The number of esters is 2. The van der Waals surface area contributed by atoms with Gasteiger partial charge in [-0.2, -0.15) is 0 Å². The molecule has 1 N–H and O–H groups in total. The number of cyclic esters (lactones) is 1. The zero-order valence-corrected chi connectivity index (χ0v) is 17.2. The molecular weight excluding hydrogens is 364 g/mol. The molecule has 7 nitrogen and oxygen atoms in total. The summed E-state index contributed by atoms with van der Waals surface area (Å²) >= 11 is 0. The summed E-state index contributed by atoms with van der Waals surface area (Å²) in [5.41, 5.74) is 0.283. The Labute approximate surface area is 165 Å². The fourth-order valence-corrected chi connectivity index (χ4v) is 4.46. The first kappa shape index (κ1) is 21.0. The molecule has 7 heteroatoms. The second kappa shape index (κ2) is 7.28. The van der Waals surface area contributed by atoms with Gasteiger partial charge in [-0.25, -0.2) is 0 Å². The van der Waals surface area contributed by atoms with Crippen LogP contribution in [0.4, 0.5) is 0 Å². The molecule has 0 aromatic heterocycles. The Kier molecular flexibility index (Phi) is 5.47. The monoisotopic (exact) mass is 394 g/mol. The second-order valence-electron chi connectivity index (χ2n) is 8.63. The molecule has 0 radical (unpaired) electrons. The molecule has 3 rings (SSSR count). The maximum atomic E-state index is 12.6. The summed E-state index contributed by atoms with van der Waals surface area (Å²) in [5.74, 6) is -3.82. The minimum absolute atomic E-state index is 0.0815. The minimum atomic E-state index is -1.56. The van der Waals surface area contributed by atoms with Gasteiger partial charge in [-0.05, 0) is 25.0 Å². The van der Waals surface area contributed by atoms with Crippen LogP contribution in [-0.2, 0) is 28.5 Å². The Bertz CT molecular complexity index is 712. The lowest BCUT2D eigenvalue weighted by Gasteiger charge is -2.39. The van der Waals surface area contributed by atoms with Crippen molar-refractivity contribution in [1.29, 1.82) is 0 Å². The van der Waals surface area contributed by atoms with E-state index in [1.807, 2.05) is 6.92 Å². The van der Waals surface area contributed by atoms with Crippen LogP contribution in [0, 0.1) is 17.8 Å². The highest BCUT2D eigenvalue weighted by Crippen LogP contribution is 2.49. The van der Waals surface area contributed by atoms with Crippen LogP contribution in [0.3, 0.4) is 0 Å². The summed E-state index contributed by atoms with van der Waals surface area (Å²) in [7, 11) is 1.57. The van der Waals surface area contributed by atoms with E-state index in [0.29, 0.717) is 11.1 Å². The van der Waals surface area contributed by atoms with Crippen molar-refractivity contribution in [2.24, 2.45) is 17.8 Å². The number of methoxy groups -OCH3 is 1. The largest absolute Gasteiger partial charge is 0.461 e. The molecule has 0 aromatic carbocycles. The maximum Gasteiger partial charge on any atom is 0.313 e. The van der Waals surface area contributed by atoms with Crippen LogP contribution in [0.15, 0.2) is 23.8 Å². The van der Waals surface area contributed by atoms with Gasteiger partial charge in [0.1, 0.15) is 12.7 Å². The van der Waals surface area contributed by atoms with Crippen LogP contribution in [0.5, 0.6) is 0 Å². The molecule has 0 saturated carbocycles. The minimum Gasteiger partial charge on any atom is -0.461 e. The Morgan fingerprint density at radius 3 is 2.68 bits per heavy atom. The van der Waals surface area contributed by atoms with E-state index in [0.717, 1.165) is 0 Å². The number of ether oxygens (including phenoxy) is 4. The van der Waals surface area contributed by atoms with E-state index < -0.39 is 41.4 Å². The lowest BCUT2D eigenvalue weighted by molar-refractivity contribution is -0.211. The van der Waals surface area contributed by atoms with Crippen molar-refractivity contribution in [3.05, 3.63) is 23.8 Å². The van der Waals surface area contributed by atoms with Crippen LogP contribution >= 0.6 is 0 Å². The zero-order chi connectivity index (χ0) is 20.9. The highest BCUT2D eigenvalue weighted by atomic mass is 16.7. The molecule has 0 aromatic rings. The first-order chi connectivity index (χ1) is 13.0. The van der Waals surface area contributed by atoms with E-state index in [9.17, 15) is 14.7 Å². The molecule has 0 amide bonds. The van der Waals surface area contributed by atoms with Crippen molar-refractivity contribution in [2.75, 3.05) is 13.7 Å². The molecule has 3 aliphatic heterocycles. The normalized spacial score (nSPS) is 42.6. The maximum absolute atomic E-state index is 12.6. The number of hydrogen-bond donors (Lipinski definition) is 1. The van der Waals surface area contributed by atoms with E-state index in [4.69, 9.17) is 18.9 Å². The number of aliphatic hydroxyl groups is 1. The van der Waals surface area contributed by atoms with E-state index in [2.05, 4.69) is 6.58 Å². The third kappa shape index (κ3) is 3.51. The molecule has 0 unspecified atom stereocenters. The van der Waals surface area contributed by atoms with Crippen LogP contribution in [-0.4, -0.2) is 54.4 Å². The fourth-order valence-electron chi connectivity index (χ4n) is 4.46. The number of hydrogen-bond acceptors (Lipinski definition) is 7. The van der Waals surface area contributed by atoms with Crippen LogP contribution in [0.1, 0.15) is 40.5 Å². The molecule has 2 saturated heterocycles. The lowest BCUT2D eigenvalue weighted by atomic mass is 9.74. The number of rotatable bonds is 3. The molecule has 2 bridgehead atoms. The molecule has 3 aliphatic rings. The third-order valence-electron chi connectivity index (χ3n) is 6.15. The first-order valence-electron chi connectivity index (χ1n) is 9.70. The Hall–Kier alpha value is -1.70. The Morgan fingerprint density at radius 2 is 2.07 bits per heavy atom. The zero-order valence-electron chi connectivity index (χ0n) is 17.2. The molecule has 156 valence electrons. The van der Waals surface area contributed by atoms with Gasteiger partial charge in [-0.3, -0.25) is 9.59 Å². The van der Waals surface area contributed by atoms with Gasteiger partial charge in [0.25, 0.3) is 0 Å². The molecule has 28 heavy (non-hydrogen) atoms. The predicted octanol–water partition coefficient (Wildman–Crippen LogP) is 2.13. The number of carbonyl (C=O) groups excluding carboxylic acids is 2. The Balaban J connectivity index is 2.11. The third-order valence-corrected chi connectivity index (χ3v) is 6.15. The smallest absolute Gasteiger partial charge is 0.313 e. The standard InChI is InChI=1S/C21H30O7/c1-11(2)18(22)27-15-8-20(5)16(25-6)9-21(24,28-20)13(4)7-14-17(15)12(3)10-26-19(14)23/h7,11,14-17,24H,3,8-10H2,1-2,4-6H3/b13-7-/t14-,15-,16-,17+,20-,21-/m1/s1. The molecule has 3 heterocycles. The summed E-state index contributed by atoms with van der Waals surface area (Å²) in [4.78, 5) is 25.0. The quantitative estimate of drug-likeness (QED) is 0.579. The molecule has 2 fully saturated rings. The topological polar surface area (TPSA) is 91.3 Å². The second-order valence-corrected chi connectivity index (χ2v) is 8.63. The average molecular weight is 394 g/mol.